The molecule has 3 fully saturated rings. The Morgan fingerprint density at radius 2 is 2.04 bits per heavy atom. The third-order valence-electron chi connectivity index (χ3n) is 5.99. The summed E-state index contributed by atoms with van der Waals surface area (Å²) in [5.74, 6) is -2.93. The van der Waals surface area contributed by atoms with Crippen molar-refractivity contribution >= 4 is 33.7 Å². The van der Waals surface area contributed by atoms with Crippen molar-refractivity contribution in [2.45, 2.75) is 50.9 Å². The van der Waals surface area contributed by atoms with Crippen LogP contribution >= 0.6 is 15.9 Å². The summed E-state index contributed by atoms with van der Waals surface area (Å²) in [5.41, 5.74) is -3.53. The molecule has 1 aliphatic carbocycles. The summed E-state index contributed by atoms with van der Waals surface area (Å²) < 4.78 is 30.3. The van der Waals surface area contributed by atoms with Crippen LogP contribution in [-0.4, -0.2) is 41.6 Å². The fraction of sp³-hybridized carbons (Fsp3) is 0.550. The van der Waals surface area contributed by atoms with Crippen LogP contribution in [0.3, 0.4) is 0 Å². The van der Waals surface area contributed by atoms with Crippen LogP contribution in [0.1, 0.15) is 44.0 Å². The Kier molecular flexibility index (Phi) is 4.25. The quantitative estimate of drug-likeness (QED) is 0.300. The van der Waals surface area contributed by atoms with Gasteiger partial charge in [0, 0.05) is 17.9 Å². The third kappa shape index (κ3) is 2.50. The number of carbonyl (C=O) groups excluding carboxylic acids is 3. The maximum absolute atomic E-state index is 13.6. The maximum Gasteiger partial charge on any atom is 0.341 e. The van der Waals surface area contributed by atoms with E-state index in [9.17, 15) is 18.8 Å². The first kappa shape index (κ1) is 19.5. The molecule has 0 spiro atoms. The summed E-state index contributed by atoms with van der Waals surface area (Å²) in [7, 11) is 0. The molecule has 150 valence electrons. The Morgan fingerprint density at radius 3 is 2.68 bits per heavy atom. The van der Waals surface area contributed by atoms with Gasteiger partial charge in [-0.3, -0.25) is 9.59 Å². The number of Topliss-reactive ketones (excluding diaryl/α,β-unsaturated/α-hetero) is 1. The minimum Gasteiger partial charge on any atom is -0.464 e. The smallest absolute Gasteiger partial charge is 0.341 e. The molecule has 6 nitrogen and oxygen atoms in total. The molecule has 0 radical (unpaired) electrons. The average molecular weight is 455 g/mol. The number of ether oxygens (including phenoxy) is 3. The van der Waals surface area contributed by atoms with Gasteiger partial charge in [0.15, 0.2) is 11.4 Å². The van der Waals surface area contributed by atoms with Gasteiger partial charge in [-0.25, -0.2) is 9.18 Å². The SMILES string of the molecule is CCOC(=O)[C@@]12OC1C[C@]1(C(=O)c3ccc(F)c(Br)c3)C(=O)OC(C)(C)C[C@@H]12. The first-order valence-electron chi connectivity index (χ1n) is 9.17. The zero-order chi connectivity index (χ0) is 20.5. The molecule has 28 heavy (non-hydrogen) atoms. The van der Waals surface area contributed by atoms with Crippen molar-refractivity contribution < 1.29 is 33.0 Å². The maximum atomic E-state index is 13.6. The van der Waals surface area contributed by atoms with E-state index in [1.165, 1.54) is 12.1 Å². The molecule has 4 rings (SSSR count). The number of fused-ring (bicyclic) bond motifs is 3. The number of epoxide rings is 1. The van der Waals surface area contributed by atoms with Crippen LogP contribution in [-0.2, 0) is 23.8 Å². The Hall–Kier alpha value is -1.80. The topological polar surface area (TPSA) is 82.2 Å². The molecule has 3 aliphatic rings. The van der Waals surface area contributed by atoms with Crippen molar-refractivity contribution in [2.75, 3.05) is 6.61 Å². The van der Waals surface area contributed by atoms with E-state index in [-0.39, 0.29) is 29.5 Å². The standard InChI is InChI=1S/C20H20BrFO6/c1-4-26-17(25)20-13-8-18(2,3)28-16(24)19(13,9-14(20)27-20)15(23)10-5-6-12(22)11(21)7-10/h5-7,13-14H,4,8-9H2,1-3H3/t13-,14?,19-,20-/m0/s1. The van der Waals surface area contributed by atoms with Crippen molar-refractivity contribution in [1.29, 1.82) is 0 Å². The molecule has 0 N–H and O–H groups in total. The fourth-order valence-corrected chi connectivity index (χ4v) is 5.11. The molecule has 1 saturated carbocycles. The van der Waals surface area contributed by atoms with Gasteiger partial charge in [-0.05, 0) is 61.3 Å². The lowest BCUT2D eigenvalue weighted by atomic mass is 9.64. The molecule has 2 saturated heterocycles. The third-order valence-corrected chi connectivity index (χ3v) is 6.60. The van der Waals surface area contributed by atoms with Gasteiger partial charge in [0.25, 0.3) is 0 Å². The van der Waals surface area contributed by atoms with Crippen LogP contribution in [0.5, 0.6) is 0 Å². The lowest BCUT2D eigenvalue weighted by Crippen LogP contribution is -2.58. The van der Waals surface area contributed by atoms with Gasteiger partial charge in [0.2, 0.25) is 0 Å². The number of hydrogen-bond acceptors (Lipinski definition) is 6. The number of rotatable bonds is 4. The number of hydrogen-bond donors (Lipinski definition) is 0. The van der Waals surface area contributed by atoms with E-state index in [1.54, 1.807) is 20.8 Å². The van der Waals surface area contributed by atoms with Gasteiger partial charge in [0.05, 0.1) is 11.1 Å². The molecule has 8 heteroatoms. The summed E-state index contributed by atoms with van der Waals surface area (Å²) in [6, 6.07) is 3.84. The van der Waals surface area contributed by atoms with E-state index < -0.39 is 52.2 Å². The van der Waals surface area contributed by atoms with Crippen molar-refractivity contribution in [3.05, 3.63) is 34.1 Å². The molecule has 0 bridgehead atoms. The number of ketones is 1. The Morgan fingerprint density at radius 1 is 1.32 bits per heavy atom. The molecule has 2 aliphatic heterocycles. The van der Waals surface area contributed by atoms with E-state index in [4.69, 9.17) is 14.2 Å². The minimum absolute atomic E-state index is 0.0409. The summed E-state index contributed by atoms with van der Waals surface area (Å²) in [5, 5.41) is 0. The number of esters is 2. The van der Waals surface area contributed by atoms with E-state index >= 15 is 0 Å². The van der Waals surface area contributed by atoms with Gasteiger partial charge in [-0.2, -0.15) is 0 Å². The number of benzene rings is 1. The van der Waals surface area contributed by atoms with E-state index in [2.05, 4.69) is 15.9 Å². The lowest BCUT2D eigenvalue weighted by molar-refractivity contribution is -0.190. The molecule has 1 aromatic rings. The largest absolute Gasteiger partial charge is 0.464 e. The summed E-state index contributed by atoms with van der Waals surface area (Å²) in [6.45, 7) is 5.34. The molecule has 4 atom stereocenters. The van der Waals surface area contributed by atoms with Crippen LogP contribution in [0.25, 0.3) is 0 Å². The number of carbonyl (C=O) groups is 3. The fourth-order valence-electron chi connectivity index (χ4n) is 4.73. The van der Waals surface area contributed by atoms with Gasteiger partial charge >= 0.3 is 11.9 Å². The lowest BCUT2D eigenvalue weighted by Gasteiger charge is -2.45. The highest BCUT2D eigenvalue weighted by Crippen LogP contribution is 2.67. The summed E-state index contributed by atoms with van der Waals surface area (Å²) >= 11 is 3.07. The highest BCUT2D eigenvalue weighted by atomic mass is 79.9. The van der Waals surface area contributed by atoms with Gasteiger partial charge in [0.1, 0.15) is 22.9 Å². The molecule has 2 heterocycles. The van der Waals surface area contributed by atoms with Crippen LogP contribution in [0.15, 0.2) is 22.7 Å². The van der Waals surface area contributed by atoms with Crippen LogP contribution < -0.4 is 0 Å². The first-order valence-corrected chi connectivity index (χ1v) is 9.96. The van der Waals surface area contributed by atoms with Gasteiger partial charge in [-0.15, -0.1) is 0 Å². The second kappa shape index (κ2) is 6.10. The molecular formula is C20H20BrFO6. The van der Waals surface area contributed by atoms with Crippen LogP contribution in [0.4, 0.5) is 4.39 Å². The normalized spacial score (nSPS) is 34.8. The van der Waals surface area contributed by atoms with Gasteiger partial charge < -0.3 is 14.2 Å². The van der Waals surface area contributed by atoms with Crippen LogP contribution in [0, 0.1) is 17.2 Å². The molecule has 1 aromatic carbocycles. The zero-order valence-corrected chi connectivity index (χ0v) is 17.3. The van der Waals surface area contributed by atoms with Crippen molar-refractivity contribution in [1.82, 2.24) is 0 Å². The Labute approximate surface area is 169 Å². The predicted octanol–water partition coefficient (Wildman–Crippen LogP) is 3.20. The Balaban J connectivity index is 1.81. The highest BCUT2D eigenvalue weighted by molar-refractivity contribution is 9.10. The molecule has 0 amide bonds. The van der Waals surface area contributed by atoms with Crippen molar-refractivity contribution in [2.24, 2.45) is 11.3 Å². The second-order valence-electron chi connectivity index (χ2n) is 8.16. The van der Waals surface area contributed by atoms with E-state index in [0.717, 1.165) is 6.07 Å². The van der Waals surface area contributed by atoms with Crippen molar-refractivity contribution in [3.8, 4) is 0 Å². The van der Waals surface area contributed by atoms with Crippen LogP contribution in [0.2, 0.25) is 0 Å². The minimum atomic E-state index is -1.55. The predicted molar refractivity (Wildman–Crippen MR) is 98.0 cm³/mol. The van der Waals surface area contributed by atoms with Crippen molar-refractivity contribution in [3.63, 3.8) is 0 Å². The highest BCUT2D eigenvalue weighted by Gasteiger charge is 2.84. The summed E-state index contributed by atoms with van der Waals surface area (Å²) in [4.78, 5) is 39.4. The molecule has 1 unspecified atom stereocenters. The second-order valence-corrected chi connectivity index (χ2v) is 9.01. The summed E-state index contributed by atoms with van der Waals surface area (Å²) in [6.07, 6.45) is -0.257. The number of cyclic esters (lactones) is 1. The van der Waals surface area contributed by atoms with Gasteiger partial charge in [-0.1, -0.05) is 0 Å². The molecular weight excluding hydrogens is 435 g/mol. The first-order chi connectivity index (χ1) is 13.1. The monoisotopic (exact) mass is 454 g/mol. The zero-order valence-electron chi connectivity index (χ0n) is 15.7. The number of halogens is 2. The van der Waals surface area contributed by atoms with E-state index in [1.807, 2.05) is 0 Å². The average Bonchev–Trinajstić information content (AvgIpc) is 3.26. The Bertz CT molecular complexity index is 899. The molecule has 0 aromatic heterocycles. The van der Waals surface area contributed by atoms with E-state index in [0.29, 0.717) is 0 Å².